The van der Waals surface area contributed by atoms with E-state index in [9.17, 15) is 14.9 Å². The van der Waals surface area contributed by atoms with Gasteiger partial charge < -0.3 is 4.74 Å². The fraction of sp³-hybridized carbons (Fsp3) is 0.533. The van der Waals surface area contributed by atoms with Gasteiger partial charge >= 0.3 is 5.69 Å². The van der Waals surface area contributed by atoms with E-state index in [1.165, 1.54) is 18.6 Å². The Kier molecular flexibility index (Phi) is 7.15. The predicted molar refractivity (Wildman–Crippen MR) is 82.1 cm³/mol. The van der Waals surface area contributed by atoms with Crippen LogP contribution < -0.4 is 4.74 Å². The molecule has 0 aromatic heterocycles. The molecule has 1 rings (SSSR count). The third-order valence-electron chi connectivity index (χ3n) is 3.17. The molecule has 6 heteroatoms. The van der Waals surface area contributed by atoms with Gasteiger partial charge in [-0.1, -0.05) is 26.2 Å². The van der Waals surface area contributed by atoms with Crippen LogP contribution in [0.2, 0.25) is 0 Å². The Morgan fingerprint density at radius 1 is 1.38 bits per heavy atom. The summed E-state index contributed by atoms with van der Waals surface area (Å²) in [7, 11) is 0. The minimum absolute atomic E-state index is 0.0892. The lowest BCUT2D eigenvalue weighted by atomic mass is 10.1. The molecule has 1 aromatic rings. The number of unbranched alkanes of at least 4 members (excludes halogenated alkanes) is 3. The monoisotopic (exact) mass is 313 g/mol. The van der Waals surface area contributed by atoms with E-state index in [0.29, 0.717) is 0 Å². The second-order valence-electron chi connectivity index (χ2n) is 4.99. The minimum atomic E-state index is -0.725. The van der Waals surface area contributed by atoms with Gasteiger partial charge in [0, 0.05) is 11.6 Å². The van der Waals surface area contributed by atoms with Gasteiger partial charge in [-0.15, -0.1) is 0 Å². The SMILES string of the molecule is CCCCCCC(C)Oc1ccc(C(=O)Cl)cc1[N+](=O)[O-]. The number of nitrogens with zero attached hydrogens (tertiary/aromatic N) is 1. The first kappa shape index (κ1) is 17.4. The molecule has 0 radical (unpaired) electrons. The number of rotatable bonds is 9. The molecule has 0 fully saturated rings. The van der Waals surface area contributed by atoms with Crippen molar-refractivity contribution in [1.82, 2.24) is 0 Å². The molecular weight excluding hydrogens is 294 g/mol. The quantitative estimate of drug-likeness (QED) is 0.286. The Morgan fingerprint density at radius 2 is 2.10 bits per heavy atom. The zero-order valence-electron chi connectivity index (χ0n) is 12.3. The Labute approximate surface area is 129 Å². The summed E-state index contributed by atoms with van der Waals surface area (Å²) in [6, 6.07) is 4.01. The normalized spacial score (nSPS) is 12.0. The summed E-state index contributed by atoms with van der Waals surface area (Å²) in [5.41, 5.74) is -0.145. The van der Waals surface area contributed by atoms with Crippen LogP contribution in [0.3, 0.4) is 0 Å². The van der Waals surface area contributed by atoms with Crippen molar-refractivity contribution in [3.8, 4) is 5.75 Å². The van der Waals surface area contributed by atoms with Crippen molar-refractivity contribution in [3.63, 3.8) is 0 Å². The van der Waals surface area contributed by atoms with Crippen molar-refractivity contribution < 1.29 is 14.5 Å². The van der Waals surface area contributed by atoms with Gasteiger partial charge in [0.25, 0.3) is 5.24 Å². The number of halogens is 1. The molecular formula is C15H20ClNO4. The van der Waals surface area contributed by atoms with Gasteiger partial charge in [-0.25, -0.2) is 0 Å². The molecule has 0 spiro atoms. The van der Waals surface area contributed by atoms with Gasteiger partial charge in [0.05, 0.1) is 11.0 Å². The average Bonchev–Trinajstić information content (AvgIpc) is 2.43. The smallest absolute Gasteiger partial charge is 0.311 e. The second-order valence-corrected chi connectivity index (χ2v) is 5.33. The van der Waals surface area contributed by atoms with Gasteiger partial charge in [-0.2, -0.15) is 0 Å². The molecule has 0 amide bonds. The van der Waals surface area contributed by atoms with Crippen molar-refractivity contribution in [2.75, 3.05) is 0 Å². The summed E-state index contributed by atoms with van der Waals surface area (Å²) in [5.74, 6) is 0.171. The molecule has 1 unspecified atom stereocenters. The lowest BCUT2D eigenvalue weighted by molar-refractivity contribution is -0.386. The first-order valence-electron chi connectivity index (χ1n) is 7.10. The third kappa shape index (κ3) is 5.71. The maximum absolute atomic E-state index is 11.1. The van der Waals surface area contributed by atoms with Crippen molar-refractivity contribution in [2.45, 2.75) is 52.1 Å². The molecule has 0 bridgehead atoms. The predicted octanol–water partition coefficient (Wildman–Crippen LogP) is 4.71. The second kappa shape index (κ2) is 8.62. The molecule has 0 aliphatic rings. The standard InChI is InChI=1S/C15H20ClNO4/c1-3-4-5-6-7-11(2)21-14-9-8-12(15(16)18)10-13(14)17(19)20/h8-11H,3-7H2,1-2H3. The van der Waals surface area contributed by atoms with E-state index in [2.05, 4.69) is 6.92 Å². The van der Waals surface area contributed by atoms with Crippen LogP contribution in [-0.4, -0.2) is 16.3 Å². The first-order valence-corrected chi connectivity index (χ1v) is 7.48. The zero-order valence-corrected chi connectivity index (χ0v) is 13.1. The van der Waals surface area contributed by atoms with Crippen LogP contribution in [0.5, 0.6) is 5.75 Å². The molecule has 1 aromatic carbocycles. The number of nitro benzene ring substituents is 1. The van der Waals surface area contributed by atoms with Crippen molar-refractivity contribution in [1.29, 1.82) is 0 Å². The number of hydrogen-bond donors (Lipinski definition) is 0. The van der Waals surface area contributed by atoms with Gasteiger partial charge in [0.15, 0.2) is 5.75 Å². The number of ether oxygens (including phenoxy) is 1. The molecule has 21 heavy (non-hydrogen) atoms. The number of benzene rings is 1. The largest absolute Gasteiger partial charge is 0.484 e. The fourth-order valence-corrected chi connectivity index (χ4v) is 2.13. The molecule has 0 saturated carbocycles. The summed E-state index contributed by atoms with van der Waals surface area (Å²) < 4.78 is 5.63. The van der Waals surface area contributed by atoms with Crippen molar-refractivity contribution in [3.05, 3.63) is 33.9 Å². The summed E-state index contributed by atoms with van der Waals surface area (Å²) in [5, 5.41) is 10.3. The minimum Gasteiger partial charge on any atom is -0.484 e. The van der Waals surface area contributed by atoms with E-state index in [-0.39, 0.29) is 23.1 Å². The van der Waals surface area contributed by atoms with E-state index in [1.54, 1.807) is 0 Å². The Bertz CT molecular complexity index is 504. The van der Waals surface area contributed by atoms with Crippen LogP contribution in [-0.2, 0) is 0 Å². The maximum Gasteiger partial charge on any atom is 0.311 e. The van der Waals surface area contributed by atoms with E-state index in [1.807, 2.05) is 6.92 Å². The Morgan fingerprint density at radius 3 is 2.67 bits per heavy atom. The molecule has 116 valence electrons. The maximum atomic E-state index is 11.1. The highest BCUT2D eigenvalue weighted by molar-refractivity contribution is 6.67. The van der Waals surface area contributed by atoms with Gasteiger partial charge in [0.2, 0.25) is 0 Å². The summed E-state index contributed by atoms with van der Waals surface area (Å²) in [6.07, 6.45) is 5.23. The Balaban J connectivity index is 2.73. The number of carbonyl (C=O) groups excluding carboxylic acids is 1. The molecule has 0 N–H and O–H groups in total. The number of hydrogen-bond acceptors (Lipinski definition) is 4. The van der Waals surface area contributed by atoms with Gasteiger partial charge in [0.1, 0.15) is 0 Å². The van der Waals surface area contributed by atoms with Crippen LogP contribution in [0.15, 0.2) is 18.2 Å². The van der Waals surface area contributed by atoms with Crippen LogP contribution in [0, 0.1) is 10.1 Å². The number of carbonyl (C=O) groups is 1. The van der Waals surface area contributed by atoms with E-state index in [0.717, 1.165) is 31.7 Å². The molecule has 0 aliphatic heterocycles. The van der Waals surface area contributed by atoms with E-state index >= 15 is 0 Å². The zero-order chi connectivity index (χ0) is 15.8. The molecule has 0 heterocycles. The number of nitro groups is 1. The van der Waals surface area contributed by atoms with Gasteiger partial charge in [-0.05, 0) is 43.5 Å². The fourth-order valence-electron chi connectivity index (χ4n) is 2.02. The van der Waals surface area contributed by atoms with E-state index < -0.39 is 10.2 Å². The van der Waals surface area contributed by atoms with Crippen LogP contribution in [0.4, 0.5) is 5.69 Å². The third-order valence-corrected chi connectivity index (χ3v) is 3.39. The van der Waals surface area contributed by atoms with Gasteiger partial charge in [-0.3, -0.25) is 14.9 Å². The van der Waals surface area contributed by atoms with E-state index in [4.69, 9.17) is 16.3 Å². The highest BCUT2D eigenvalue weighted by atomic mass is 35.5. The van der Waals surface area contributed by atoms with Crippen molar-refractivity contribution in [2.24, 2.45) is 0 Å². The average molecular weight is 314 g/mol. The molecule has 5 nitrogen and oxygen atoms in total. The Hall–Kier alpha value is -1.62. The highest BCUT2D eigenvalue weighted by Crippen LogP contribution is 2.30. The van der Waals surface area contributed by atoms with Crippen LogP contribution in [0.1, 0.15) is 56.3 Å². The van der Waals surface area contributed by atoms with Crippen molar-refractivity contribution >= 4 is 22.5 Å². The summed E-state index contributed by atoms with van der Waals surface area (Å²) in [6.45, 7) is 4.03. The molecule has 0 aliphatic carbocycles. The lowest BCUT2D eigenvalue weighted by Crippen LogP contribution is -2.12. The summed E-state index contributed by atoms with van der Waals surface area (Å²) in [4.78, 5) is 21.5. The van der Waals surface area contributed by atoms with Crippen LogP contribution in [0.25, 0.3) is 0 Å². The molecule has 0 saturated heterocycles. The molecule has 1 atom stereocenters. The topological polar surface area (TPSA) is 69.4 Å². The first-order chi connectivity index (χ1) is 9.95. The lowest BCUT2D eigenvalue weighted by Gasteiger charge is -2.14. The summed E-state index contributed by atoms with van der Waals surface area (Å²) >= 11 is 5.33. The highest BCUT2D eigenvalue weighted by Gasteiger charge is 2.19. The van der Waals surface area contributed by atoms with Crippen LogP contribution >= 0.6 is 11.6 Å².